The van der Waals surface area contributed by atoms with Gasteiger partial charge in [0.15, 0.2) is 0 Å². The summed E-state index contributed by atoms with van der Waals surface area (Å²) in [5.74, 6) is 1.22. The normalized spacial score (nSPS) is 16.8. The predicted molar refractivity (Wildman–Crippen MR) is 55.3 cm³/mol. The van der Waals surface area contributed by atoms with E-state index in [0.717, 1.165) is 12.2 Å². The highest BCUT2D eigenvalue weighted by Crippen LogP contribution is 2.32. The Morgan fingerprint density at radius 3 is 2.83 bits per heavy atom. The van der Waals surface area contributed by atoms with Gasteiger partial charge in [0.25, 0.3) is 0 Å². The van der Waals surface area contributed by atoms with Crippen molar-refractivity contribution in [3.8, 4) is 0 Å². The fourth-order valence-electron chi connectivity index (χ4n) is 1.35. The Bertz CT molecular complexity index is 269. The van der Waals surface area contributed by atoms with Crippen LogP contribution in [0.4, 0.5) is 11.4 Å². The Hall–Kier alpha value is -0.830. The summed E-state index contributed by atoms with van der Waals surface area (Å²) in [5.41, 5.74) is 7.89. The third kappa shape index (κ3) is 1.37. The zero-order valence-electron chi connectivity index (χ0n) is 6.86. The zero-order valence-corrected chi connectivity index (χ0v) is 7.68. The molecule has 0 aromatic heterocycles. The summed E-state index contributed by atoms with van der Waals surface area (Å²) in [6.07, 6.45) is 1.26. The summed E-state index contributed by atoms with van der Waals surface area (Å²) in [6, 6.07) is 8.03. The van der Waals surface area contributed by atoms with Crippen molar-refractivity contribution in [2.75, 3.05) is 22.3 Å². The molecule has 0 unspecified atom stereocenters. The minimum Gasteiger partial charge on any atom is -0.397 e. The maximum Gasteiger partial charge on any atom is 0.0699 e. The van der Waals surface area contributed by atoms with Crippen LogP contribution in [0.1, 0.15) is 6.42 Å². The van der Waals surface area contributed by atoms with Crippen molar-refractivity contribution >= 4 is 23.3 Å². The van der Waals surface area contributed by atoms with E-state index < -0.39 is 0 Å². The molecule has 2 rings (SSSR count). The first kappa shape index (κ1) is 7.80. The average Bonchev–Trinajstić information content (AvgIpc) is 2.57. The minimum absolute atomic E-state index is 0.881. The molecule has 0 atom stereocenters. The largest absolute Gasteiger partial charge is 0.397 e. The van der Waals surface area contributed by atoms with Crippen LogP contribution in [0.2, 0.25) is 0 Å². The molecule has 0 amide bonds. The number of hydrogen-bond acceptors (Lipinski definition) is 3. The molecule has 1 aliphatic heterocycles. The van der Waals surface area contributed by atoms with Gasteiger partial charge in [-0.1, -0.05) is 12.1 Å². The minimum atomic E-state index is 0.881. The molecule has 0 bridgehead atoms. The molecule has 0 spiro atoms. The van der Waals surface area contributed by atoms with Crippen LogP contribution in [0.3, 0.4) is 0 Å². The van der Waals surface area contributed by atoms with Gasteiger partial charge in [-0.15, -0.1) is 0 Å². The van der Waals surface area contributed by atoms with Gasteiger partial charge in [0.05, 0.1) is 11.4 Å². The standard InChI is InChI=1S/C9H12N2S/c10-8-4-1-2-5-9(8)11-6-3-7-12-11/h1-2,4-5H,3,6-7,10H2. The monoisotopic (exact) mass is 180 g/mol. The third-order valence-electron chi connectivity index (χ3n) is 1.96. The predicted octanol–water partition coefficient (Wildman–Crippen LogP) is 2.13. The van der Waals surface area contributed by atoms with Crippen LogP contribution in [0.5, 0.6) is 0 Å². The molecular formula is C9H12N2S. The van der Waals surface area contributed by atoms with Gasteiger partial charge in [-0.25, -0.2) is 0 Å². The van der Waals surface area contributed by atoms with Gasteiger partial charge in [-0.2, -0.15) is 0 Å². The fraction of sp³-hybridized carbons (Fsp3) is 0.333. The molecular weight excluding hydrogens is 168 g/mol. The number of nitrogen functional groups attached to an aromatic ring is 1. The highest BCUT2D eigenvalue weighted by molar-refractivity contribution is 8.00. The van der Waals surface area contributed by atoms with E-state index in [9.17, 15) is 0 Å². The summed E-state index contributed by atoms with van der Waals surface area (Å²) >= 11 is 1.86. The van der Waals surface area contributed by atoms with Crippen molar-refractivity contribution < 1.29 is 0 Å². The molecule has 0 aliphatic carbocycles. The smallest absolute Gasteiger partial charge is 0.0699 e. The van der Waals surface area contributed by atoms with Crippen LogP contribution in [-0.4, -0.2) is 12.3 Å². The number of para-hydroxylation sites is 2. The number of anilines is 2. The van der Waals surface area contributed by atoms with E-state index in [4.69, 9.17) is 5.73 Å². The van der Waals surface area contributed by atoms with Crippen LogP contribution >= 0.6 is 11.9 Å². The molecule has 1 aromatic carbocycles. The highest BCUT2D eigenvalue weighted by Gasteiger charge is 2.14. The van der Waals surface area contributed by atoms with E-state index in [1.807, 2.05) is 30.1 Å². The lowest BCUT2D eigenvalue weighted by Crippen LogP contribution is -2.10. The second kappa shape index (κ2) is 3.27. The third-order valence-corrected chi connectivity index (χ3v) is 3.12. The Kier molecular flexibility index (Phi) is 2.13. The van der Waals surface area contributed by atoms with E-state index in [0.29, 0.717) is 0 Å². The highest BCUT2D eigenvalue weighted by atomic mass is 32.2. The van der Waals surface area contributed by atoms with Gasteiger partial charge >= 0.3 is 0 Å². The molecule has 64 valence electrons. The Labute approximate surface area is 76.9 Å². The molecule has 1 saturated heterocycles. The second-order valence-corrected chi connectivity index (χ2v) is 3.95. The van der Waals surface area contributed by atoms with E-state index in [1.54, 1.807) is 0 Å². The topological polar surface area (TPSA) is 29.3 Å². The number of nitrogens with zero attached hydrogens (tertiary/aromatic N) is 1. The molecule has 2 nitrogen and oxygen atoms in total. The lowest BCUT2D eigenvalue weighted by Gasteiger charge is -2.17. The van der Waals surface area contributed by atoms with Gasteiger partial charge in [0.2, 0.25) is 0 Å². The first-order valence-electron chi connectivity index (χ1n) is 4.13. The Balaban J connectivity index is 2.26. The fourth-order valence-corrected chi connectivity index (χ4v) is 2.39. The van der Waals surface area contributed by atoms with Gasteiger partial charge < -0.3 is 10.0 Å². The van der Waals surface area contributed by atoms with Gasteiger partial charge in [-0.3, -0.25) is 0 Å². The van der Waals surface area contributed by atoms with E-state index in [-0.39, 0.29) is 0 Å². The Morgan fingerprint density at radius 2 is 2.17 bits per heavy atom. The van der Waals surface area contributed by atoms with Gasteiger partial charge in [-0.05, 0) is 30.5 Å². The van der Waals surface area contributed by atoms with Crippen LogP contribution in [0.25, 0.3) is 0 Å². The lowest BCUT2D eigenvalue weighted by molar-refractivity contribution is 0.990. The lowest BCUT2D eigenvalue weighted by atomic mass is 10.2. The van der Waals surface area contributed by atoms with Gasteiger partial charge in [0.1, 0.15) is 0 Å². The average molecular weight is 180 g/mol. The second-order valence-electron chi connectivity index (χ2n) is 2.85. The van der Waals surface area contributed by atoms with Crippen molar-refractivity contribution in [2.45, 2.75) is 6.42 Å². The van der Waals surface area contributed by atoms with Crippen molar-refractivity contribution in [1.29, 1.82) is 0 Å². The molecule has 1 heterocycles. The maximum absolute atomic E-state index is 5.85. The quantitative estimate of drug-likeness (QED) is 0.530. The van der Waals surface area contributed by atoms with E-state index in [2.05, 4.69) is 10.4 Å². The maximum atomic E-state index is 5.85. The summed E-state index contributed by atoms with van der Waals surface area (Å²) in [5, 5.41) is 0. The molecule has 12 heavy (non-hydrogen) atoms. The number of benzene rings is 1. The summed E-state index contributed by atoms with van der Waals surface area (Å²) in [4.78, 5) is 0. The van der Waals surface area contributed by atoms with Crippen LogP contribution in [0, 0.1) is 0 Å². The van der Waals surface area contributed by atoms with Crippen molar-refractivity contribution in [2.24, 2.45) is 0 Å². The summed E-state index contributed by atoms with van der Waals surface area (Å²) < 4.78 is 2.27. The first-order valence-corrected chi connectivity index (χ1v) is 5.07. The SMILES string of the molecule is Nc1ccccc1N1CCCS1. The number of rotatable bonds is 1. The van der Waals surface area contributed by atoms with Crippen molar-refractivity contribution in [1.82, 2.24) is 0 Å². The van der Waals surface area contributed by atoms with E-state index >= 15 is 0 Å². The van der Waals surface area contributed by atoms with E-state index in [1.165, 1.54) is 17.9 Å². The van der Waals surface area contributed by atoms with Crippen molar-refractivity contribution in [3.05, 3.63) is 24.3 Å². The van der Waals surface area contributed by atoms with Crippen LogP contribution < -0.4 is 10.0 Å². The summed E-state index contributed by atoms with van der Waals surface area (Å²) in [6.45, 7) is 1.12. The first-order chi connectivity index (χ1) is 5.88. The molecule has 2 N–H and O–H groups in total. The molecule has 1 aromatic rings. The molecule has 0 radical (unpaired) electrons. The Morgan fingerprint density at radius 1 is 1.33 bits per heavy atom. The molecule has 1 fully saturated rings. The zero-order chi connectivity index (χ0) is 8.39. The van der Waals surface area contributed by atoms with Crippen LogP contribution in [-0.2, 0) is 0 Å². The number of nitrogens with two attached hydrogens (primary N) is 1. The summed E-state index contributed by atoms with van der Waals surface area (Å²) in [7, 11) is 0. The van der Waals surface area contributed by atoms with Crippen LogP contribution in [0.15, 0.2) is 24.3 Å². The molecule has 3 heteroatoms. The molecule has 0 saturated carbocycles. The van der Waals surface area contributed by atoms with Crippen molar-refractivity contribution in [3.63, 3.8) is 0 Å². The van der Waals surface area contributed by atoms with Gasteiger partial charge in [0, 0.05) is 12.3 Å². The molecule has 1 aliphatic rings. The number of hydrogen-bond donors (Lipinski definition) is 1.